The lowest BCUT2D eigenvalue weighted by molar-refractivity contribution is 1.11. The molecule has 0 saturated heterocycles. The van der Waals surface area contributed by atoms with Crippen LogP contribution in [0.25, 0.3) is 10.2 Å². The summed E-state index contributed by atoms with van der Waals surface area (Å²) in [5, 5.41) is 11.0. The fraction of sp³-hybridized carbons (Fsp3) is 0.133. The van der Waals surface area contributed by atoms with Crippen LogP contribution in [-0.2, 0) is 5.75 Å². The van der Waals surface area contributed by atoms with E-state index in [0.717, 1.165) is 26.6 Å². The van der Waals surface area contributed by atoms with E-state index in [0.29, 0.717) is 5.56 Å². The normalized spacial score (nSPS) is 10.6. The third-order valence-corrected chi connectivity index (χ3v) is 4.88. The number of nitriles is 1. The number of hydrogen-bond acceptors (Lipinski definition) is 5. The first-order chi connectivity index (χ1) is 9.76. The molecule has 3 nitrogen and oxygen atoms in total. The minimum absolute atomic E-state index is 0.697. The number of aromatic nitrogens is 2. The molecule has 98 valence electrons. The molecular formula is C15H11N3S2. The van der Waals surface area contributed by atoms with Gasteiger partial charge in [-0.3, -0.25) is 0 Å². The molecular weight excluding hydrogens is 286 g/mol. The van der Waals surface area contributed by atoms with Crippen LogP contribution in [0.1, 0.15) is 16.0 Å². The van der Waals surface area contributed by atoms with Gasteiger partial charge in [0.25, 0.3) is 0 Å². The molecule has 0 saturated carbocycles. The highest BCUT2D eigenvalue weighted by atomic mass is 32.2. The van der Waals surface area contributed by atoms with Crippen LogP contribution < -0.4 is 0 Å². The maximum Gasteiger partial charge on any atom is 0.128 e. The zero-order valence-electron chi connectivity index (χ0n) is 10.8. The van der Waals surface area contributed by atoms with Gasteiger partial charge in [0.05, 0.1) is 11.6 Å². The van der Waals surface area contributed by atoms with Gasteiger partial charge in [-0.25, -0.2) is 9.97 Å². The highest BCUT2D eigenvalue weighted by Crippen LogP contribution is 2.31. The van der Waals surface area contributed by atoms with Gasteiger partial charge in [0.15, 0.2) is 0 Å². The summed E-state index contributed by atoms with van der Waals surface area (Å²) in [6, 6.07) is 12.0. The summed E-state index contributed by atoms with van der Waals surface area (Å²) < 4.78 is 0. The average Bonchev–Trinajstić information content (AvgIpc) is 2.86. The van der Waals surface area contributed by atoms with E-state index in [-0.39, 0.29) is 0 Å². The van der Waals surface area contributed by atoms with Crippen LogP contribution in [0.2, 0.25) is 0 Å². The molecule has 0 N–H and O–H groups in total. The molecule has 0 aliphatic rings. The predicted molar refractivity (Wildman–Crippen MR) is 82.9 cm³/mol. The van der Waals surface area contributed by atoms with E-state index in [2.05, 4.69) is 29.0 Å². The fourth-order valence-corrected chi connectivity index (χ4v) is 3.78. The molecule has 0 aliphatic carbocycles. The Morgan fingerprint density at radius 1 is 1.30 bits per heavy atom. The van der Waals surface area contributed by atoms with Gasteiger partial charge >= 0.3 is 0 Å². The van der Waals surface area contributed by atoms with Crippen molar-refractivity contribution in [1.82, 2.24) is 9.97 Å². The van der Waals surface area contributed by atoms with Crippen molar-refractivity contribution in [3.8, 4) is 6.07 Å². The van der Waals surface area contributed by atoms with Crippen LogP contribution >= 0.6 is 23.1 Å². The number of hydrogen-bond donors (Lipinski definition) is 0. The van der Waals surface area contributed by atoms with E-state index < -0.39 is 0 Å². The molecule has 2 aromatic heterocycles. The molecule has 3 aromatic rings. The van der Waals surface area contributed by atoms with Gasteiger partial charge in [-0.15, -0.1) is 23.1 Å². The second-order valence-electron chi connectivity index (χ2n) is 4.36. The average molecular weight is 297 g/mol. The summed E-state index contributed by atoms with van der Waals surface area (Å²) in [5.74, 6) is 0.802. The van der Waals surface area contributed by atoms with Gasteiger partial charge in [-0.2, -0.15) is 5.26 Å². The first-order valence-corrected chi connectivity index (χ1v) is 7.89. The highest BCUT2D eigenvalue weighted by molar-refractivity contribution is 7.98. The SMILES string of the molecule is Cc1cc2c(SCc3cccc(C#N)c3)ncnc2s1. The van der Waals surface area contributed by atoms with E-state index in [1.807, 2.05) is 24.3 Å². The molecule has 0 spiro atoms. The van der Waals surface area contributed by atoms with Gasteiger partial charge in [0.1, 0.15) is 16.2 Å². The topological polar surface area (TPSA) is 49.6 Å². The van der Waals surface area contributed by atoms with Gasteiger partial charge in [-0.1, -0.05) is 12.1 Å². The number of nitrogens with zero attached hydrogens (tertiary/aromatic N) is 3. The molecule has 0 bridgehead atoms. The summed E-state index contributed by atoms with van der Waals surface area (Å²) in [4.78, 5) is 10.9. The Morgan fingerprint density at radius 3 is 3.05 bits per heavy atom. The molecule has 0 aliphatic heterocycles. The van der Waals surface area contributed by atoms with Crippen molar-refractivity contribution < 1.29 is 0 Å². The van der Waals surface area contributed by atoms with E-state index in [9.17, 15) is 0 Å². The molecule has 5 heteroatoms. The monoisotopic (exact) mass is 297 g/mol. The molecule has 3 rings (SSSR count). The maximum absolute atomic E-state index is 8.92. The minimum Gasteiger partial charge on any atom is -0.229 e. The summed E-state index contributed by atoms with van der Waals surface area (Å²) in [5.41, 5.74) is 1.83. The summed E-state index contributed by atoms with van der Waals surface area (Å²) in [7, 11) is 0. The van der Waals surface area contributed by atoms with E-state index in [1.54, 1.807) is 29.4 Å². The smallest absolute Gasteiger partial charge is 0.128 e. The lowest BCUT2D eigenvalue weighted by Gasteiger charge is -2.02. The lowest BCUT2D eigenvalue weighted by atomic mass is 10.2. The van der Waals surface area contributed by atoms with Crippen LogP contribution in [0.15, 0.2) is 41.7 Å². The number of aryl methyl sites for hydroxylation is 1. The second-order valence-corrected chi connectivity index (χ2v) is 6.55. The van der Waals surface area contributed by atoms with Crippen LogP contribution in [0.5, 0.6) is 0 Å². The van der Waals surface area contributed by atoms with Crippen molar-refractivity contribution in [3.63, 3.8) is 0 Å². The first-order valence-electron chi connectivity index (χ1n) is 6.09. The zero-order chi connectivity index (χ0) is 13.9. The van der Waals surface area contributed by atoms with Crippen LogP contribution in [0.3, 0.4) is 0 Å². The number of benzene rings is 1. The number of fused-ring (bicyclic) bond motifs is 1. The van der Waals surface area contributed by atoms with Crippen molar-refractivity contribution in [3.05, 3.63) is 52.7 Å². The molecule has 0 unspecified atom stereocenters. The molecule has 0 atom stereocenters. The predicted octanol–water partition coefficient (Wildman–Crippen LogP) is 4.16. The van der Waals surface area contributed by atoms with Crippen LogP contribution in [0, 0.1) is 18.3 Å². The summed E-state index contributed by atoms with van der Waals surface area (Å²) in [6.07, 6.45) is 1.62. The van der Waals surface area contributed by atoms with E-state index in [4.69, 9.17) is 5.26 Å². The Kier molecular flexibility index (Phi) is 3.68. The van der Waals surface area contributed by atoms with Crippen molar-refractivity contribution in [1.29, 1.82) is 5.26 Å². The quantitative estimate of drug-likeness (QED) is 0.538. The minimum atomic E-state index is 0.697. The fourth-order valence-electron chi connectivity index (χ4n) is 1.95. The molecule has 20 heavy (non-hydrogen) atoms. The zero-order valence-corrected chi connectivity index (χ0v) is 12.5. The van der Waals surface area contributed by atoms with Crippen molar-refractivity contribution in [2.75, 3.05) is 0 Å². The Labute approximate surface area is 125 Å². The van der Waals surface area contributed by atoms with Crippen LogP contribution in [0.4, 0.5) is 0 Å². The second kappa shape index (κ2) is 5.61. The Balaban J connectivity index is 1.85. The molecule has 1 aromatic carbocycles. The van der Waals surface area contributed by atoms with Crippen LogP contribution in [-0.4, -0.2) is 9.97 Å². The highest BCUT2D eigenvalue weighted by Gasteiger charge is 2.07. The van der Waals surface area contributed by atoms with Gasteiger partial charge in [-0.05, 0) is 30.7 Å². The number of thiophene rings is 1. The lowest BCUT2D eigenvalue weighted by Crippen LogP contribution is -1.86. The van der Waals surface area contributed by atoms with Crippen molar-refractivity contribution in [2.45, 2.75) is 17.7 Å². The van der Waals surface area contributed by atoms with Gasteiger partial charge in [0, 0.05) is 16.0 Å². The summed E-state index contributed by atoms with van der Waals surface area (Å²) >= 11 is 3.37. The Hall–Kier alpha value is -1.90. The molecule has 0 amide bonds. The summed E-state index contributed by atoms with van der Waals surface area (Å²) in [6.45, 7) is 2.08. The Bertz CT molecular complexity index is 802. The van der Waals surface area contributed by atoms with Crippen molar-refractivity contribution >= 4 is 33.3 Å². The maximum atomic E-state index is 8.92. The first kappa shape index (κ1) is 13.1. The Morgan fingerprint density at radius 2 is 2.20 bits per heavy atom. The molecule has 2 heterocycles. The van der Waals surface area contributed by atoms with Gasteiger partial charge in [0.2, 0.25) is 0 Å². The molecule has 0 radical (unpaired) electrons. The third kappa shape index (κ3) is 2.67. The number of thioether (sulfide) groups is 1. The third-order valence-electron chi connectivity index (χ3n) is 2.85. The number of rotatable bonds is 3. The standard InChI is InChI=1S/C15H11N3S2/c1-10-5-13-14(17-9-18-15(13)20-10)19-8-12-4-2-3-11(6-12)7-16/h2-6,9H,8H2,1H3. The van der Waals surface area contributed by atoms with Crippen molar-refractivity contribution in [2.24, 2.45) is 0 Å². The largest absolute Gasteiger partial charge is 0.229 e. The van der Waals surface area contributed by atoms with E-state index in [1.165, 1.54) is 4.88 Å². The van der Waals surface area contributed by atoms with Gasteiger partial charge < -0.3 is 0 Å². The molecule has 0 fully saturated rings. The van der Waals surface area contributed by atoms with E-state index >= 15 is 0 Å².